The fourth-order valence-corrected chi connectivity index (χ4v) is 4.12. The van der Waals surface area contributed by atoms with Crippen LogP contribution in [0.2, 0.25) is 0 Å². The highest BCUT2D eigenvalue weighted by Gasteiger charge is 2.23. The summed E-state index contributed by atoms with van der Waals surface area (Å²) in [5.74, 6) is 0.520. The predicted molar refractivity (Wildman–Crippen MR) is 84.4 cm³/mol. The molecule has 0 aromatic heterocycles. The number of hydrogen-bond donors (Lipinski definition) is 0. The molecule has 0 spiro atoms. The van der Waals surface area contributed by atoms with Gasteiger partial charge in [0.1, 0.15) is 5.78 Å². The van der Waals surface area contributed by atoms with Crippen molar-refractivity contribution < 1.29 is 13.2 Å². The summed E-state index contributed by atoms with van der Waals surface area (Å²) in [6.45, 7) is 5.16. The number of rotatable bonds is 5. The smallest absolute Gasteiger partial charge is 0.178 e. The van der Waals surface area contributed by atoms with E-state index >= 15 is 0 Å². The van der Waals surface area contributed by atoms with Crippen LogP contribution in [0.4, 0.5) is 5.69 Å². The van der Waals surface area contributed by atoms with Crippen LogP contribution in [-0.2, 0) is 14.6 Å². The highest BCUT2D eigenvalue weighted by Crippen LogP contribution is 2.25. The van der Waals surface area contributed by atoms with Crippen LogP contribution >= 0.6 is 0 Å². The molecule has 1 unspecified atom stereocenters. The van der Waals surface area contributed by atoms with Crippen molar-refractivity contribution in [1.29, 1.82) is 0 Å². The maximum Gasteiger partial charge on any atom is 0.178 e. The van der Waals surface area contributed by atoms with Gasteiger partial charge in [-0.15, -0.1) is 0 Å². The third-order valence-corrected chi connectivity index (χ3v) is 5.97. The number of carbonyl (C=O) groups is 1. The molecule has 116 valence electrons. The molecule has 0 bridgehead atoms. The molecular weight excluding hydrogens is 286 g/mol. The molecule has 0 aliphatic carbocycles. The van der Waals surface area contributed by atoms with E-state index in [4.69, 9.17) is 0 Å². The average Bonchev–Trinajstić information content (AvgIpc) is 2.47. The van der Waals surface area contributed by atoms with Crippen LogP contribution < -0.4 is 4.90 Å². The van der Waals surface area contributed by atoms with E-state index in [9.17, 15) is 13.2 Å². The maximum atomic E-state index is 12.0. The molecule has 21 heavy (non-hydrogen) atoms. The Labute approximate surface area is 127 Å². The lowest BCUT2D eigenvalue weighted by Gasteiger charge is -2.33. The van der Waals surface area contributed by atoms with Crippen LogP contribution in [0.25, 0.3) is 0 Å². The minimum absolute atomic E-state index is 0.0993. The van der Waals surface area contributed by atoms with Crippen LogP contribution in [0.15, 0.2) is 29.2 Å². The van der Waals surface area contributed by atoms with Gasteiger partial charge in [-0.05, 0) is 50.5 Å². The van der Waals surface area contributed by atoms with Crippen LogP contribution in [0.5, 0.6) is 0 Å². The van der Waals surface area contributed by atoms with Crippen molar-refractivity contribution in [3.63, 3.8) is 0 Å². The van der Waals surface area contributed by atoms with E-state index in [1.54, 1.807) is 19.1 Å². The average molecular weight is 309 g/mol. The second-order valence-electron chi connectivity index (χ2n) is 5.71. The molecule has 2 rings (SSSR count). The SMILES string of the molecule is CCCS(=O)(=O)c1ccc(N2CCCC(C(C)=O)C2)cc1. The summed E-state index contributed by atoms with van der Waals surface area (Å²) in [5, 5.41) is 0. The number of hydrogen-bond acceptors (Lipinski definition) is 4. The van der Waals surface area contributed by atoms with Crippen molar-refractivity contribution in [2.45, 2.75) is 38.0 Å². The first-order chi connectivity index (χ1) is 9.94. The number of piperidine rings is 1. The van der Waals surface area contributed by atoms with Crippen molar-refractivity contribution in [3.8, 4) is 0 Å². The largest absolute Gasteiger partial charge is 0.371 e. The molecule has 1 aliphatic rings. The van der Waals surface area contributed by atoms with E-state index in [1.165, 1.54) is 0 Å². The first kappa shape index (κ1) is 16.0. The lowest BCUT2D eigenvalue weighted by Crippen LogP contribution is -2.38. The van der Waals surface area contributed by atoms with Gasteiger partial charge in [0.25, 0.3) is 0 Å². The number of Topliss-reactive ketones (excluding diaryl/α,β-unsaturated/α-hetero) is 1. The van der Waals surface area contributed by atoms with Crippen LogP contribution in [-0.4, -0.2) is 33.0 Å². The van der Waals surface area contributed by atoms with Gasteiger partial charge in [-0.1, -0.05) is 6.92 Å². The van der Waals surface area contributed by atoms with Crippen molar-refractivity contribution in [3.05, 3.63) is 24.3 Å². The minimum atomic E-state index is -3.15. The first-order valence-electron chi connectivity index (χ1n) is 7.52. The van der Waals surface area contributed by atoms with Gasteiger partial charge in [0.2, 0.25) is 0 Å². The molecule has 0 saturated carbocycles. The topological polar surface area (TPSA) is 54.5 Å². The standard InChI is InChI=1S/C16H23NO3S/c1-3-11-21(19,20)16-8-6-15(7-9-16)17-10-4-5-14(12-17)13(2)18/h6-9,14H,3-5,10-12H2,1-2H3. The molecule has 5 heteroatoms. The van der Waals surface area contributed by atoms with Gasteiger partial charge >= 0.3 is 0 Å². The Morgan fingerprint density at radius 2 is 1.95 bits per heavy atom. The maximum absolute atomic E-state index is 12.0. The lowest BCUT2D eigenvalue weighted by molar-refractivity contribution is -0.120. The molecule has 1 atom stereocenters. The molecule has 1 fully saturated rings. The second-order valence-corrected chi connectivity index (χ2v) is 7.82. The molecule has 0 amide bonds. The van der Waals surface area contributed by atoms with E-state index < -0.39 is 9.84 Å². The monoisotopic (exact) mass is 309 g/mol. The van der Waals surface area contributed by atoms with E-state index in [2.05, 4.69) is 4.90 Å². The van der Waals surface area contributed by atoms with E-state index in [1.807, 2.05) is 19.1 Å². The summed E-state index contributed by atoms with van der Waals surface area (Å²) in [4.78, 5) is 14.1. The number of ketones is 1. The Hall–Kier alpha value is -1.36. The highest BCUT2D eigenvalue weighted by molar-refractivity contribution is 7.91. The number of sulfone groups is 1. The van der Waals surface area contributed by atoms with Crippen molar-refractivity contribution in [2.24, 2.45) is 5.92 Å². The number of benzene rings is 1. The Balaban J connectivity index is 2.14. The second kappa shape index (κ2) is 6.60. The summed E-state index contributed by atoms with van der Waals surface area (Å²) in [5.41, 5.74) is 0.997. The van der Waals surface area contributed by atoms with Crippen molar-refractivity contribution in [2.75, 3.05) is 23.7 Å². The Kier molecular flexibility index (Phi) is 5.04. The zero-order valence-electron chi connectivity index (χ0n) is 12.7. The third-order valence-electron chi connectivity index (χ3n) is 4.03. The highest BCUT2D eigenvalue weighted by atomic mass is 32.2. The summed E-state index contributed by atoms with van der Waals surface area (Å²) in [6.07, 6.45) is 2.57. The number of carbonyl (C=O) groups excluding carboxylic acids is 1. The third kappa shape index (κ3) is 3.84. The summed E-state index contributed by atoms with van der Waals surface area (Å²) < 4.78 is 24.0. The molecule has 0 radical (unpaired) electrons. The van der Waals surface area contributed by atoms with Crippen molar-refractivity contribution in [1.82, 2.24) is 0 Å². The molecule has 1 heterocycles. The zero-order chi connectivity index (χ0) is 15.5. The normalized spacial score (nSPS) is 19.5. The Morgan fingerprint density at radius 1 is 1.29 bits per heavy atom. The van der Waals surface area contributed by atoms with Gasteiger partial charge in [-0.25, -0.2) is 8.42 Å². The number of nitrogens with zero attached hydrogens (tertiary/aromatic N) is 1. The minimum Gasteiger partial charge on any atom is -0.371 e. The Bertz CT molecular complexity index is 592. The van der Waals surface area contributed by atoms with Gasteiger partial charge in [-0.3, -0.25) is 4.79 Å². The lowest BCUT2D eigenvalue weighted by atomic mass is 9.94. The van der Waals surface area contributed by atoms with Gasteiger partial charge in [0.05, 0.1) is 10.6 Å². The van der Waals surface area contributed by atoms with E-state index in [-0.39, 0.29) is 17.5 Å². The van der Waals surface area contributed by atoms with Gasteiger partial charge in [0, 0.05) is 24.7 Å². The molecule has 1 saturated heterocycles. The molecule has 1 aromatic carbocycles. The van der Waals surface area contributed by atoms with Crippen LogP contribution in [0.1, 0.15) is 33.1 Å². The van der Waals surface area contributed by atoms with E-state index in [0.29, 0.717) is 11.3 Å². The summed E-state index contributed by atoms with van der Waals surface area (Å²) >= 11 is 0. The molecule has 4 nitrogen and oxygen atoms in total. The molecule has 1 aliphatic heterocycles. The predicted octanol–water partition coefficient (Wildman–Crippen LogP) is 2.68. The number of anilines is 1. The van der Waals surface area contributed by atoms with Gasteiger partial charge in [-0.2, -0.15) is 0 Å². The van der Waals surface area contributed by atoms with Crippen LogP contribution in [0, 0.1) is 5.92 Å². The molecule has 1 aromatic rings. The fourth-order valence-electron chi connectivity index (χ4n) is 2.79. The zero-order valence-corrected chi connectivity index (χ0v) is 13.5. The van der Waals surface area contributed by atoms with Crippen LogP contribution in [0.3, 0.4) is 0 Å². The molecule has 0 N–H and O–H groups in total. The van der Waals surface area contributed by atoms with Crippen molar-refractivity contribution >= 4 is 21.3 Å². The molecular formula is C16H23NO3S. The quantitative estimate of drug-likeness (QED) is 0.839. The fraction of sp³-hybridized carbons (Fsp3) is 0.562. The first-order valence-corrected chi connectivity index (χ1v) is 9.17. The Morgan fingerprint density at radius 3 is 2.52 bits per heavy atom. The summed E-state index contributed by atoms with van der Waals surface area (Å²) in [7, 11) is -3.15. The summed E-state index contributed by atoms with van der Waals surface area (Å²) in [6, 6.07) is 7.06. The van der Waals surface area contributed by atoms with Gasteiger partial charge in [0.15, 0.2) is 9.84 Å². The van der Waals surface area contributed by atoms with Gasteiger partial charge < -0.3 is 4.90 Å². The van der Waals surface area contributed by atoms with E-state index in [0.717, 1.165) is 31.6 Å².